The van der Waals surface area contributed by atoms with Gasteiger partial charge in [-0.05, 0) is 32.8 Å². The number of likely N-dealkylation sites (tertiary alicyclic amines) is 1. The molecule has 1 aliphatic rings. The van der Waals surface area contributed by atoms with Gasteiger partial charge in [0.15, 0.2) is 0 Å². The van der Waals surface area contributed by atoms with Gasteiger partial charge in [0.05, 0.1) is 5.54 Å². The average Bonchev–Trinajstić information content (AvgIpc) is 2.86. The first-order valence-electron chi connectivity index (χ1n) is 7.37. The van der Waals surface area contributed by atoms with E-state index in [1.165, 1.54) is 11.0 Å². The van der Waals surface area contributed by atoms with E-state index < -0.39 is 11.6 Å². The third kappa shape index (κ3) is 3.55. The number of halogens is 1. The molecular formula is C16H21FN2O3. The Labute approximate surface area is 129 Å². The van der Waals surface area contributed by atoms with Gasteiger partial charge in [0.2, 0.25) is 5.91 Å². The summed E-state index contributed by atoms with van der Waals surface area (Å²) in [6, 6.07) is 6.00. The van der Waals surface area contributed by atoms with Crippen LogP contribution in [0.2, 0.25) is 0 Å². The van der Waals surface area contributed by atoms with Gasteiger partial charge in [-0.3, -0.25) is 4.79 Å². The van der Waals surface area contributed by atoms with Crippen molar-refractivity contribution in [2.75, 3.05) is 6.54 Å². The fourth-order valence-corrected chi connectivity index (χ4v) is 2.95. The van der Waals surface area contributed by atoms with E-state index in [0.29, 0.717) is 18.5 Å². The summed E-state index contributed by atoms with van der Waals surface area (Å²) in [5.74, 6) is -0.646. The highest BCUT2D eigenvalue weighted by Crippen LogP contribution is 2.24. The summed E-state index contributed by atoms with van der Waals surface area (Å²) in [6.07, 6.45) is 0.550. The molecular weight excluding hydrogens is 287 g/mol. The largest absolute Gasteiger partial charge is 0.465 e. The van der Waals surface area contributed by atoms with Gasteiger partial charge in [-0.2, -0.15) is 0 Å². The van der Waals surface area contributed by atoms with Gasteiger partial charge in [0.25, 0.3) is 0 Å². The Hall–Kier alpha value is -2.11. The molecule has 2 rings (SSSR count). The number of carboxylic acid groups (broad SMARTS) is 1. The second-order valence-corrected chi connectivity index (χ2v) is 6.13. The van der Waals surface area contributed by atoms with Crippen molar-refractivity contribution in [3.63, 3.8) is 0 Å². The highest BCUT2D eigenvalue weighted by molar-refractivity contribution is 5.78. The van der Waals surface area contributed by atoms with Crippen molar-refractivity contribution in [1.29, 1.82) is 0 Å². The number of hydrogen-bond acceptors (Lipinski definition) is 2. The Balaban J connectivity index is 2.02. The maximum absolute atomic E-state index is 13.9. The van der Waals surface area contributed by atoms with Crippen molar-refractivity contribution in [3.8, 4) is 0 Å². The molecule has 1 aromatic carbocycles. The number of nitrogens with zero attached hydrogens (tertiary/aromatic N) is 1. The van der Waals surface area contributed by atoms with Crippen LogP contribution in [0.15, 0.2) is 24.3 Å². The van der Waals surface area contributed by atoms with Gasteiger partial charge >= 0.3 is 6.09 Å². The van der Waals surface area contributed by atoms with Gasteiger partial charge in [-0.15, -0.1) is 0 Å². The van der Waals surface area contributed by atoms with Crippen molar-refractivity contribution in [1.82, 2.24) is 10.2 Å². The molecule has 1 atom stereocenters. The smallest absolute Gasteiger partial charge is 0.407 e. The third-order valence-corrected chi connectivity index (χ3v) is 4.04. The number of benzene rings is 1. The highest BCUT2D eigenvalue weighted by atomic mass is 19.1. The van der Waals surface area contributed by atoms with E-state index in [0.717, 1.165) is 6.42 Å². The zero-order chi connectivity index (χ0) is 16.3. The first-order chi connectivity index (χ1) is 10.3. The standard InChI is InChI=1S/C16H21FN2O3/c1-16(2,12-7-3-4-8-13(12)17)18-14(20)10-11-6-5-9-19(11)15(21)22/h3-4,7-8,11H,5-6,9-10H2,1-2H3,(H,18,20)(H,21,22)/t11-/m1/s1. The fraction of sp³-hybridized carbons (Fsp3) is 0.500. The minimum absolute atomic E-state index is 0.101. The monoisotopic (exact) mass is 308 g/mol. The number of carbonyl (C=O) groups is 2. The zero-order valence-corrected chi connectivity index (χ0v) is 12.8. The van der Waals surface area contributed by atoms with Crippen molar-refractivity contribution in [3.05, 3.63) is 35.6 Å². The number of amides is 2. The molecule has 1 aromatic rings. The van der Waals surface area contributed by atoms with E-state index in [1.807, 2.05) is 0 Å². The molecule has 1 aliphatic heterocycles. The number of rotatable bonds is 4. The third-order valence-electron chi connectivity index (χ3n) is 4.04. The Morgan fingerprint density at radius 3 is 2.73 bits per heavy atom. The van der Waals surface area contributed by atoms with Gasteiger partial charge in [0, 0.05) is 24.6 Å². The average molecular weight is 308 g/mol. The second kappa shape index (κ2) is 6.34. The fourth-order valence-electron chi connectivity index (χ4n) is 2.95. The number of nitrogens with one attached hydrogen (secondary N) is 1. The highest BCUT2D eigenvalue weighted by Gasteiger charge is 2.32. The molecule has 120 valence electrons. The molecule has 0 spiro atoms. The lowest BCUT2D eigenvalue weighted by molar-refractivity contribution is -0.123. The van der Waals surface area contributed by atoms with Crippen molar-refractivity contribution in [2.45, 2.75) is 44.7 Å². The quantitative estimate of drug-likeness (QED) is 0.898. The van der Waals surface area contributed by atoms with Crippen molar-refractivity contribution < 1.29 is 19.1 Å². The lowest BCUT2D eigenvalue weighted by Gasteiger charge is -2.29. The molecule has 0 bridgehead atoms. The molecule has 1 heterocycles. The number of carbonyl (C=O) groups excluding carboxylic acids is 1. The summed E-state index contributed by atoms with van der Waals surface area (Å²) >= 11 is 0. The van der Waals surface area contributed by atoms with Gasteiger partial charge in [-0.1, -0.05) is 18.2 Å². The van der Waals surface area contributed by atoms with Gasteiger partial charge in [0.1, 0.15) is 5.82 Å². The summed E-state index contributed by atoms with van der Waals surface area (Å²) in [6.45, 7) is 3.92. The van der Waals surface area contributed by atoms with E-state index in [2.05, 4.69) is 5.32 Å². The predicted molar refractivity (Wildman–Crippen MR) is 79.9 cm³/mol. The van der Waals surface area contributed by atoms with Crippen LogP contribution >= 0.6 is 0 Å². The van der Waals surface area contributed by atoms with E-state index >= 15 is 0 Å². The normalized spacial score (nSPS) is 18.3. The molecule has 0 unspecified atom stereocenters. The van der Waals surface area contributed by atoms with E-state index in [9.17, 15) is 14.0 Å². The molecule has 1 saturated heterocycles. The first kappa shape index (κ1) is 16.3. The maximum atomic E-state index is 13.9. The summed E-state index contributed by atoms with van der Waals surface area (Å²) in [5, 5.41) is 11.9. The molecule has 0 saturated carbocycles. The van der Waals surface area contributed by atoms with Crippen LogP contribution in [-0.4, -0.2) is 34.6 Å². The Morgan fingerprint density at radius 2 is 2.09 bits per heavy atom. The van der Waals surface area contributed by atoms with Crippen LogP contribution < -0.4 is 5.32 Å². The first-order valence-corrected chi connectivity index (χ1v) is 7.37. The molecule has 6 heteroatoms. The lowest BCUT2D eigenvalue weighted by Crippen LogP contribution is -2.45. The van der Waals surface area contributed by atoms with Crippen molar-refractivity contribution in [2.24, 2.45) is 0 Å². The van der Waals surface area contributed by atoms with Crippen LogP contribution in [0.25, 0.3) is 0 Å². The van der Waals surface area contributed by atoms with E-state index in [1.54, 1.807) is 32.0 Å². The molecule has 2 N–H and O–H groups in total. The van der Waals surface area contributed by atoms with E-state index in [-0.39, 0.29) is 24.2 Å². The van der Waals surface area contributed by atoms with Gasteiger partial charge < -0.3 is 15.3 Å². The molecule has 0 radical (unpaired) electrons. The predicted octanol–water partition coefficient (Wildman–Crippen LogP) is 2.71. The van der Waals surface area contributed by atoms with Crippen LogP contribution in [0.1, 0.15) is 38.7 Å². The van der Waals surface area contributed by atoms with Crippen LogP contribution in [0.3, 0.4) is 0 Å². The molecule has 2 amide bonds. The molecule has 5 nitrogen and oxygen atoms in total. The van der Waals surface area contributed by atoms with Crippen molar-refractivity contribution >= 4 is 12.0 Å². The van der Waals surface area contributed by atoms with E-state index in [4.69, 9.17) is 5.11 Å². The zero-order valence-electron chi connectivity index (χ0n) is 12.8. The van der Waals surface area contributed by atoms with Crippen LogP contribution in [0.5, 0.6) is 0 Å². The lowest BCUT2D eigenvalue weighted by atomic mass is 9.93. The maximum Gasteiger partial charge on any atom is 0.407 e. The summed E-state index contributed by atoms with van der Waals surface area (Å²) < 4.78 is 13.9. The van der Waals surface area contributed by atoms with Crippen LogP contribution in [-0.2, 0) is 10.3 Å². The van der Waals surface area contributed by atoms with Crippen LogP contribution in [0.4, 0.5) is 9.18 Å². The summed E-state index contributed by atoms with van der Waals surface area (Å²) in [4.78, 5) is 24.6. The second-order valence-electron chi connectivity index (χ2n) is 6.13. The molecule has 0 aromatic heterocycles. The number of hydrogen-bond donors (Lipinski definition) is 2. The Morgan fingerprint density at radius 1 is 1.41 bits per heavy atom. The Kier molecular flexibility index (Phi) is 4.68. The molecule has 0 aliphatic carbocycles. The minimum Gasteiger partial charge on any atom is -0.465 e. The summed E-state index contributed by atoms with van der Waals surface area (Å²) in [7, 11) is 0. The molecule has 1 fully saturated rings. The molecule has 22 heavy (non-hydrogen) atoms. The Bertz CT molecular complexity index is 574. The minimum atomic E-state index is -0.997. The van der Waals surface area contributed by atoms with Gasteiger partial charge in [-0.25, -0.2) is 9.18 Å². The topological polar surface area (TPSA) is 69.6 Å². The van der Waals surface area contributed by atoms with Crippen LogP contribution in [0, 0.1) is 5.82 Å². The summed E-state index contributed by atoms with van der Waals surface area (Å²) in [5.41, 5.74) is -0.445. The SMILES string of the molecule is CC(C)(NC(=O)C[C@H]1CCCN1C(=O)O)c1ccccc1F.